The number of fused-ring (bicyclic) bond motifs is 5. The number of rotatable bonds is 2. The first kappa shape index (κ1) is 18.1. The Kier molecular flexibility index (Phi) is 3.65. The Morgan fingerprint density at radius 1 is 0.341 bits per heavy atom. The maximum absolute atomic E-state index is 9.53. The maximum Gasteiger partial charge on any atom is 0.0636 e. The van der Waals surface area contributed by atoms with Crippen LogP contribution in [0.15, 0.2) is 158 Å². The van der Waals surface area contributed by atoms with Crippen LogP contribution in [0.2, 0.25) is 0 Å². The van der Waals surface area contributed by atoms with Crippen LogP contribution in [0, 0.1) is 0 Å². The zero-order valence-corrected chi connectivity index (χ0v) is 23.5. The molecule has 0 aromatic heterocycles. The van der Waals surface area contributed by atoms with Crippen LogP contribution in [0.4, 0.5) is 0 Å². The molecule has 0 N–H and O–H groups in total. The van der Waals surface area contributed by atoms with Crippen molar-refractivity contribution in [1.29, 1.82) is 0 Å². The smallest absolute Gasteiger partial charge is 0.0616 e. The first-order chi connectivity index (χ1) is 24.8. The van der Waals surface area contributed by atoms with Crippen LogP contribution >= 0.6 is 0 Å². The Bertz CT molecular complexity index is 3150. The summed E-state index contributed by atoms with van der Waals surface area (Å²) >= 11 is 0. The molecule has 0 saturated heterocycles. The van der Waals surface area contributed by atoms with E-state index in [-0.39, 0.29) is 40.5 Å². The fourth-order valence-electron chi connectivity index (χ4n) is 7.36. The lowest BCUT2D eigenvalue weighted by molar-refractivity contribution is 1.70. The van der Waals surface area contributed by atoms with Gasteiger partial charge in [0.1, 0.15) is 0 Å². The lowest BCUT2D eigenvalue weighted by Crippen LogP contribution is -1.93. The third-order valence-electron chi connectivity index (χ3n) is 9.21. The second-order valence-corrected chi connectivity index (χ2v) is 11.5. The normalized spacial score (nSPS) is 14.3. The van der Waals surface area contributed by atoms with Gasteiger partial charge in [-0.1, -0.05) is 152 Å². The lowest BCUT2D eigenvalue weighted by Gasteiger charge is -2.21. The van der Waals surface area contributed by atoms with Gasteiger partial charge >= 0.3 is 0 Å². The highest BCUT2D eigenvalue weighted by Gasteiger charge is 2.21. The van der Waals surface area contributed by atoms with Gasteiger partial charge in [0.25, 0.3) is 0 Å². The molecule has 10 aromatic rings. The van der Waals surface area contributed by atoms with Crippen LogP contribution in [0.25, 0.3) is 97.7 Å². The first-order valence-corrected chi connectivity index (χ1v) is 14.8. The van der Waals surface area contributed by atoms with E-state index in [1.54, 1.807) is 0 Å². The molecule has 0 heteroatoms. The summed E-state index contributed by atoms with van der Waals surface area (Å²) in [5.74, 6) is 0. The standard InChI is InChI=1S/C44H26/c1-2-10-32-26-33(19-16-27(32)8-1)41-35-14-5-6-15-36(35)44(43-34-13-4-3-9-28(34)20-25-39(41)43)38-24-22-31-18-17-29-11-7-12-30-21-23-37(38)42(31)40(29)30/h1-26H/i1D,2D,8D,10D,16D,19D,26D. The van der Waals surface area contributed by atoms with Crippen LogP contribution < -0.4 is 0 Å². The summed E-state index contributed by atoms with van der Waals surface area (Å²) in [6.07, 6.45) is 0. The average molecular weight is 562 g/mol. The van der Waals surface area contributed by atoms with E-state index in [1.807, 2.05) is 42.5 Å². The van der Waals surface area contributed by atoms with Crippen LogP contribution in [-0.2, 0) is 0 Å². The SMILES string of the molecule is [2H]c1c([2H])c([2H])c2c([2H])c(-c3c4ccccc4c(-c4ccc5ccc6cccc7ccc4c5c67)c4c3ccc3ccccc34)c([2H])c([2H])c2c1[2H]. The summed E-state index contributed by atoms with van der Waals surface area (Å²) in [5, 5.41) is 12.5. The van der Waals surface area contributed by atoms with Crippen molar-refractivity contribution in [2.24, 2.45) is 0 Å². The average Bonchev–Trinajstić information content (AvgIpc) is 3.16. The Morgan fingerprint density at radius 3 is 1.80 bits per heavy atom. The summed E-state index contributed by atoms with van der Waals surface area (Å²) < 4.78 is 62.0. The van der Waals surface area contributed by atoms with Gasteiger partial charge in [-0.25, -0.2) is 0 Å². The Labute approximate surface area is 264 Å². The van der Waals surface area contributed by atoms with E-state index in [4.69, 9.17) is 6.85 Å². The fourth-order valence-corrected chi connectivity index (χ4v) is 7.36. The molecule has 0 radical (unpaired) electrons. The van der Waals surface area contributed by atoms with Crippen molar-refractivity contribution in [3.63, 3.8) is 0 Å². The molecule has 0 amide bonds. The molecule has 0 atom stereocenters. The monoisotopic (exact) mass is 561 g/mol. The first-order valence-electron chi connectivity index (χ1n) is 18.3. The number of benzene rings is 10. The molecule has 0 bridgehead atoms. The van der Waals surface area contributed by atoms with Crippen molar-refractivity contribution >= 4 is 75.4 Å². The van der Waals surface area contributed by atoms with Crippen LogP contribution in [0.1, 0.15) is 9.60 Å². The molecular formula is C44H26. The number of hydrogen-bond acceptors (Lipinski definition) is 0. The largest absolute Gasteiger partial charge is 0.0636 e. The van der Waals surface area contributed by atoms with Crippen molar-refractivity contribution in [3.8, 4) is 22.3 Å². The van der Waals surface area contributed by atoms with Gasteiger partial charge in [0.15, 0.2) is 0 Å². The topological polar surface area (TPSA) is 0 Å². The molecule has 0 unspecified atom stereocenters. The molecule has 0 aliphatic carbocycles. The molecule has 10 aromatic carbocycles. The minimum Gasteiger partial charge on any atom is -0.0616 e. The van der Waals surface area contributed by atoms with Gasteiger partial charge in [-0.15, -0.1) is 0 Å². The van der Waals surface area contributed by atoms with E-state index >= 15 is 0 Å². The minimum absolute atomic E-state index is 0.0501. The van der Waals surface area contributed by atoms with Gasteiger partial charge in [-0.05, 0) is 104 Å². The zero-order valence-electron chi connectivity index (χ0n) is 30.5. The molecule has 0 spiro atoms. The Hall–Kier alpha value is -5.72. The van der Waals surface area contributed by atoms with E-state index in [0.717, 1.165) is 54.2 Å². The Morgan fingerprint density at radius 2 is 0.955 bits per heavy atom. The van der Waals surface area contributed by atoms with E-state index in [9.17, 15) is 2.74 Å². The van der Waals surface area contributed by atoms with Gasteiger partial charge in [0.05, 0.1) is 9.60 Å². The van der Waals surface area contributed by atoms with Crippen molar-refractivity contribution in [1.82, 2.24) is 0 Å². The van der Waals surface area contributed by atoms with Crippen LogP contribution in [-0.4, -0.2) is 0 Å². The Balaban J connectivity index is 1.45. The minimum atomic E-state index is -0.479. The zero-order chi connectivity index (χ0) is 34.9. The van der Waals surface area contributed by atoms with Crippen molar-refractivity contribution < 1.29 is 9.60 Å². The lowest BCUT2D eigenvalue weighted by atomic mass is 9.82. The quantitative estimate of drug-likeness (QED) is 0.145. The maximum atomic E-state index is 9.53. The fraction of sp³-hybridized carbons (Fsp3) is 0. The summed E-state index contributed by atoms with van der Waals surface area (Å²) in [6.45, 7) is 0. The third kappa shape index (κ3) is 3.23. The van der Waals surface area contributed by atoms with E-state index in [2.05, 4.69) is 72.8 Å². The summed E-state index contributed by atoms with van der Waals surface area (Å²) in [5.41, 5.74) is 2.88. The van der Waals surface area contributed by atoms with E-state index in [0.29, 0.717) is 5.56 Å². The number of hydrogen-bond donors (Lipinski definition) is 0. The van der Waals surface area contributed by atoms with Gasteiger partial charge in [0, 0.05) is 0 Å². The van der Waals surface area contributed by atoms with Crippen molar-refractivity contribution in [2.75, 3.05) is 0 Å². The molecule has 44 heavy (non-hydrogen) atoms. The molecule has 0 aliphatic heterocycles. The summed E-state index contributed by atoms with van der Waals surface area (Å²) in [6, 6.07) is 37.4. The third-order valence-corrected chi connectivity index (χ3v) is 9.21. The highest BCUT2D eigenvalue weighted by Crippen LogP contribution is 2.49. The van der Waals surface area contributed by atoms with Gasteiger partial charge in [-0.2, -0.15) is 0 Å². The molecule has 0 nitrogen and oxygen atoms in total. The van der Waals surface area contributed by atoms with Crippen molar-refractivity contribution in [3.05, 3.63) is 158 Å². The molecule has 0 heterocycles. The molecule has 0 fully saturated rings. The van der Waals surface area contributed by atoms with Crippen molar-refractivity contribution in [2.45, 2.75) is 0 Å². The second-order valence-electron chi connectivity index (χ2n) is 11.5. The highest BCUT2D eigenvalue weighted by atomic mass is 14.2. The molecule has 10 rings (SSSR count). The predicted molar refractivity (Wildman–Crippen MR) is 191 cm³/mol. The van der Waals surface area contributed by atoms with E-state index < -0.39 is 18.1 Å². The van der Waals surface area contributed by atoms with E-state index in [1.165, 1.54) is 21.5 Å². The second kappa shape index (κ2) is 8.89. The summed E-state index contributed by atoms with van der Waals surface area (Å²) in [4.78, 5) is 0. The highest BCUT2D eigenvalue weighted by molar-refractivity contribution is 6.32. The summed E-state index contributed by atoms with van der Waals surface area (Å²) in [7, 11) is 0. The van der Waals surface area contributed by atoms with Gasteiger partial charge in [0.2, 0.25) is 0 Å². The van der Waals surface area contributed by atoms with Gasteiger partial charge < -0.3 is 0 Å². The van der Waals surface area contributed by atoms with Crippen LogP contribution in [0.3, 0.4) is 0 Å². The molecule has 0 aliphatic rings. The van der Waals surface area contributed by atoms with Crippen LogP contribution in [0.5, 0.6) is 0 Å². The predicted octanol–water partition coefficient (Wildman–Crippen LogP) is 12.5. The molecular weight excluding hydrogens is 528 g/mol. The molecule has 202 valence electrons. The molecule has 0 saturated carbocycles. The van der Waals surface area contributed by atoms with Gasteiger partial charge in [-0.3, -0.25) is 0 Å².